The highest BCUT2D eigenvalue weighted by Crippen LogP contribution is 2.35. The molecule has 0 radical (unpaired) electrons. The zero-order valence-corrected chi connectivity index (χ0v) is 15.6. The van der Waals surface area contributed by atoms with E-state index in [0.717, 1.165) is 16.0 Å². The maximum atomic E-state index is 13.3. The van der Waals surface area contributed by atoms with E-state index in [1.54, 1.807) is 19.1 Å². The lowest BCUT2D eigenvalue weighted by Gasteiger charge is -2.14. The summed E-state index contributed by atoms with van der Waals surface area (Å²) in [7, 11) is 0. The van der Waals surface area contributed by atoms with Crippen molar-refractivity contribution in [2.45, 2.75) is 33.2 Å². The molecule has 0 fully saturated rings. The number of nitrogens with zero attached hydrogens (tertiary/aromatic N) is 2. The molecule has 7 heteroatoms. The molecule has 1 aromatic carbocycles. The van der Waals surface area contributed by atoms with Gasteiger partial charge in [-0.3, -0.25) is 9.36 Å². The highest BCUT2D eigenvalue weighted by Gasteiger charge is 2.22. The normalized spacial score (nSPS) is 12.3. The molecule has 0 aliphatic rings. The van der Waals surface area contributed by atoms with Gasteiger partial charge in [0.2, 0.25) is 0 Å². The SMILES string of the molecule is CCCOC(=O)[C@@H](C)n1cnc2sc(C)c(-c3ccc(F)cc3)c2c1=O. The lowest BCUT2D eigenvalue weighted by molar-refractivity contribution is -0.147. The molecule has 0 N–H and O–H groups in total. The van der Waals surface area contributed by atoms with Crippen molar-refractivity contribution in [1.29, 1.82) is 0 Å². The Bertz CT molecular complexity index is 1010. The molecule has 0 saturated carbocycles. The van der Waals surface area contributed by atoms with Gasteiger partial charge in [0.05, 0.1) is 18.3 Å². The van der Waals surface area contributed by atoms with Crippen molar-refractivity contribution >= 4 is 27.5 Å². The van der Waals surface area contributed by atoms with Crippen LogP contribution in [0.2, 0.25) is 0 Å². The van der Waals surface area contributed by atoms with Gasteiger partial charge < -0.3 is 4.74 Å². The topological polar surface area (TPSA) is 61.2 Å². The van der Waals surface area contributed by atoms with E-state index >= 15 is 0 Å². The Morgan fingerprint density at radius 3 is 2.69 bits per heavy atom. The quantitative estimate of drug-likeness (QED) is 0.631. The summed E-state index contributed by atoms with van der Waals surface area (Å²) < 4.78 is 19.7. The van der Waals surface area contributed by atoms with E-state index in [4.69, 9.17) is 4.74 Å². The third kappa shape index (κ3) is 3.26. The number of hydrogen-bond donors (Lipinski definition) is 0. The number of esters is 1. The smallest absolute Gasteiger partial charge is 0.328 e. The van der Waals surface area contributed by atoms with Crippen LogP contribution in [-0.4, -0.2) is 22.1 Å². The van der Waals surface area contributed by atoms with Gasteiger partial charge in [0, 0.05) is 10.4 Å². The van der Waals surface area contributed by atoms with Crippen LogP contribution < -0.4 is 5.56 Å². The highest BCUT2D eigenvalue weighted by atomic mass is 32.1. The molecule has 2 aromatic heterocycles. The van der Waals surface area contributed by atoms with Gasteiger partial charge in [0.25, 0.3) is 5.56 Å². The molecule has 0 unspecified atom stereocenters. The van der Waals surface area contributed by atoms with Crippen LogP contribution in [0.1, 0.15) is 31.2 Å². The molecule has 0 saturated heterocycles. The fourth-order valence-electron chi connectivity index (χ4n) is 2.79. The number of aryl methyl sites for hydroxylation is 1. The lowest BCUT2D eigenvalue weighted by atomic mass is 10.0. The minimum absolute atomic E-state index is 0.306. The van der Waals surface area contributed by atoms with Crippen LogP contribution in [0.15, 0.2) is 35.4 Å². The molecule has 3 rings (SSSR count). The number of carbonyl (C=O) groups excluding carboxylic acids is 1. The van der Waals surface area contributed by atoms with Crippen molar-refractivity contribution in [3.05, 3.63) is 51.6 Å². The minimum atomic E-state index is -0.771. The maximum absolute atomic E-state index is 13.3. The standard InChI is InChI=1S/C19H19FN2O3S/c1-4-9-25-19(24)11(2)22-10-21-17-16(18(22)23)15(12(3)26-17)13-5-7-14(20)8-6-13/h5-8,10-11H,4,9H2,1-3H3/t11-/m1/s1. The van der Waals surface area contributed by atoms with E-state index in [0.29, 0.717) is 23.2 Å². The lowest BCUT2D eigenvalue weighted by Crippen LogP contribution is -2.29. The maximum Gasteiger partial charge on any atom is 0.328 e. The van der Waals surface area contributed by atoms with E-state index in [2.05, 4.69) is 4.98 Å². The average molecular weight is 374 g/mol. The van der Waals surface area contributed by atoms with Crippen LogP contribution in [0.5, 0.6) is 0 Å². The summed E-state index contributed by atoms with van der Waals surface area (Å²) in [6, 6.07) is 5.22. The van der Waals surface area contributed by atoms with E-state index in [1.807, 2.05) is 13.8 Å². The van der Waals surface area contributed by atoms with Gasteiger partial charge in [0.15, 0.2) is 0 Å². The third-order valence-electron chi connectivity index (χ3n) is 4.15. The first kappa shape index (κ1) is 18.3. The monoisotopic (exact) mass is 374 g/mol. The first-order chi connectivity index (χ1) is 12.4. The second-order valence-corrected chi connectivity index (χ2v) is 7.22. The fraction of sp³-hybridized carbons (Fsp3) is 0.316. The Kier molecular flexibility index (Phi) is 5.18. The number of fused-ring (bicyclic) bond motifs is 1. The summed E-state index contributed by atoms with van der Waals surface area (Å²) in [4.78, 5) is 31.1. The van der Waals surface area contributed by atoms with Gasteiger partial charge in [-0.05, 0) is 38.0 Å². The first-order valence-electron chi connectivity index (χ1n) is 8.36. The third-order valence-corrected chi connectivity index (χ3v) is 5.17. The number of aromatic nitrogens is 2. The van der Waals surface area contributed by atoms with Crippen molar-refractivity contribution in [3.63, 3.8) is 0 Å². The number of carbonyl (C=O) groups is 1. The van der Waals surface area contributed by atoms with Gasteiger partial charge >= 0.3 is 5.97 Å². The first-order valence-corrected chi connectivity index (χ1v) is 9.18. The Labute approximate surface area is 154 Å². The Morgan fingerprint density at radius 2 is 2.04 bits per heavy atom. The van der Waals surface area contributed by atoms with Crippen molar-refractivity contribution in [2.24, 2.45) is 0 Å². The van der Waals surface area contributed by atoms with Crippen molar-refractivity contribution in [1.82, 2.24) is 9.55 Å². The van der Waals surface area contributed by atoms with Crippen LogP contribution in [0.4, 0.5) is 4.39 Å². The van der Waals surface area contributed by atoms with Crippen molar-refractivity contribution < 1.29 is 13.9 Å². The molecule has 5 nitrogen and oxygen atoms in total. The van der Waals surface area contributed by atoms with E-state index in [1.165, 1.54) is 34.4 Å². The van der Waals surface area contributed by atoms with E-state index in [9.17, 15) is 14.0 Å². The number of hydrogen-bond acceptors (Lipinski definition) is 5. The van der Waals surface area contributed by atoms with Crippen molar-refractivity contribution in [3.8, 4) is 11.1 Å². The summed E-state index contributed by atoms with van der Waals surface area (Å²) in [5.41, 5.74) is 1.17. The molecule has 0 amide bonds. The largest absolute Gasteiger partial charge is 0.464 e. The van der Waals surface area contributed by atoms with Crippen LogP contribution in [-0.2, 0) is 9.53 Å². The van der Waals surface area contributed by atoms with Crippen LogP contribution in [0.3, 0.4) is 0 Å². The van der Waals surface area contributed by atoms with Gasteiger partial charge in [0.1, 0.15) is 16.7 Å². The predicted octanol–water partition coefficient (Wildman–Crippen LogP) is 4.09. The number of rotatable bonds is 5. The number of benzene rings is 1. The number of thiophene rings is 1. The van der Waals surface area contributed by atoms with E-state index in [-0.39, 0.29) is 11.4 Å². The highest BCUT2D eigenvalue weighted by molar-refractivity contribution is 7.19. The number of halogens is 1. The summed E-state index contributed by atoms with van der Waals surface area (Å²) >= 11 is 1.40. The zero-order valence-electron chi connectivity index (χ0n) is 14.8. The molecule has 1 atom stereocenters. The van der Waals surface area contributed by atoms with Gasteiger partial charge in [-0.2, -0.15) is 0 Å². The molecule has 2 heterocycles. The zero-order chi connectivity index (χ0) is 18.8. The second-order valence-electron chi connectivity index (χ2n) is 6.02. The van der Waals surface area contributed by atoms with Crippen LogP contribution in [0.25, 0.3) is 21.3 Å². The second kappa shape index (κ2) is 7.37. The Morgan fingerprint density at radius 1 is 1.35 bits per heavy atom. The predicted molar refractivity (Wildman–Crippen MR) is 100.0 cm³/mol. The summed E-state index contributed by atoms with van der Waals surface area (Å²) in [5.74, 6) is -0.806. The van der Waals surface area contributed by atoms with Crippen LogP contribution in [0, 0.1) is 12.7 Å². The molecule has 0 aliphatic heterocycles. The molecule has 26 heavy (non-hydrogen) atoms. The van der Waals surface area contributed by atoms with Gasteiger partial charge in [-0.25, -0.2) is 14.2 Å². The summed E-state index contributed by atoms with van der Waals surface area (Å²) in [6.45, 7) is 5.73. The Hall–Kier alpha value is -2.54. The number of ether oxygens (including phenoxy) is 1. The molecule has 0 spiro atoms. The average Bonchev–Trinajstić information content (AvgIpc) is 2.97. The molecular formula is C19H19FN2O3S. The molecule has 0 aliphatic carbocycles. The van der Waals surface area contributed by atoms with E-state index < -0.39 is 12.0 Å². The van der Waals surface area contributed by atoms with Gasteiger partial charge in [-0.15, -0.1) is 11.3 Å². The fourth-order valence-corrected chi connectivity index (χ4v) is 3.80. The Balaban J connectivity index is 2.14. The van der Waals surface area contributed by atoms with Crippen LogP contribution >= 0.6 is 11.3 Å². The summed E-state index contributed by atoms with van der Waals surface area (Å²) in [6.07, 6.45) is 2.09. The van der Waals surface area contributed by atoms with Crippen molar-refractivity contribution in [2.75, 3.05) is 6.61 Å². The molecular weight excluding hydrogens is 355 g/mol. The minimum Gasteiger partial charge on any atom is -0.464 e. The molecule has 0 bridgehead atoms. The molecule has 3 aromatic rings. The molecule has 136 valence electrons. The van der Waals surface area contributed by atoms with Gasteiger partial charge in [-0.1, -0.05) is 19.1 Å². The summed E-state index contributed by atoms with van der Waals surface area (Å²) in [5, 5.41) is 0.441.